The largest absolute Gasteiger partial charge is 0.497 e. The maximum Gasteiger partial charge on any atom is 0.240 e. The van der Waals surface area contributed by atoms with Crippen molar-refractivity contribution >= 4 is 44.2 Å². The topological polar surface area (TPSA) is 149 Å². The maximum absolute atomic E-state index is 14.6. The van der Waals surface area contributed by atoms with Crippen molar-refractivity contribution in [3.8, 4) is 11.6 Å². The molecule has 11 nitrogen and oxygen atoms in total. The number of likely N-dealkylation sites (tertiary alicyclic amines) is 1. The second-order valence-corrected chi connectivity index (χ2v) is 17.7. The lowest BCUT2D eigenvalue weighted by molar-refractivity contribution is -0.146. The predicted molar refractivity (Wildman–Crippen MR) is 188 cm³/mol. The highest BCUT2D eigenvalue weighted by atomic mass is 32.2. The zero-order valence-corrected chi connectivity index (χ0v) is 30.3. The molecule has 0 radical (unpaired) electrons. The molecule has 2 amide bonds. The molecule has 6 rings (SSSR count). The normalized spacial score (nSPS) is 26.0. The molecule has 4 fully saturated rings. The molecule has 1 aliphatic heterocycles. The number of ketones is 2. The van der Waals surface area contributed by atoms with Gasteiger partial charge in [-0.2, -0.15) is 0 Å². The van der Waals surface area contributed by atoms with Crippen LogP contribution in [0, 0.1) is 28.6 Å². The molecule has 3 saturated carbocycles. The van der Waals surface area contributed by atoms with E-state index in [2.05, 4.69) is 16.3 Å². The van der Waals surface area contributed by atoms with E-state index in [0.717, 1.165) is 36.5 Å². The zero-order chi connectivity index (χ0) is 36.0. The average Bonchev–Trinajstić information content (AvgIpc) is 3.94. The van der Waals surface area contributed by atoms with Gasteiger partial charge >= 0.3 is 0 Å². The Morgan fingerprint density at radius 1 is 1.10 bits per heavy atom. The van der Waals surface area contributed by atoms with Gasteiger partial charge in [-0.05, 0) is 73.1 Å². The first-order valence-corrected chi connectivity index (χ1v) is 19.4. The molecule has 1 N–H and O–H groups in total. The minimum Gasteiger partial charge on any atom is -0.497 e. The van der Waals surface area contributed by atoms with E-state index in [1.807, 2.05) is 45.0 Å². The molecule has 0 bridgehead atoms. The number of allylic oxidation sites excluding steroid dienone is 1. The standard InChI is InChI=1S/C38H49N3O8S/c1-6-25-20-38(25,36(45)40-50(46,47)28-12-13-28)21-33(43)31-18-27(49-34-29-14-11-26(48-5)17-24(29)15-16-39-34)22-41(31)35(44)30(37(2,3)4)19-32(42)23-9-7-8-10-23/h6,11,14-17,23,25,27-28,30-31H,1,7-10,12-13,18-22H2,2-5H3,(H,40,45)/t25-,27-,30-,31+,38-/m1/s1. The van der Waals surface area contributed by atoms with Crippen LogP contribution in [0.1, 0.15) is 85.0 Å². The first kappa shape index (κ1) is 36.0. The number of aromatic nitrogens is 1. The molecule has 1 aromatic heterocycles. The van der Waals surface area contributed by atoms with Gasteiger partial charge in [-0.15, -0.1) is 6.58 Å². The summed E-state index contributed by atoms with van der Waals surface area (Å²) >= 11 is 0. The van der Waals surface area contributed by atoms with Crippen LogP contribution in [-0.4, -0.2) is 72.7 Å². The molecule has 4 aliphatic rings. The van der Waals surface area contributed by atoms with Crippen LogP contribution in [0.25, 0.3) is 10.8 Å². The van der Waals surface area contributed by atoms with Gasteiger partial charge in [0.05, 0.1) is 30.4 Å². The molecule has 2 aromatic rings. The van der Waals surface area contributed by atoms with Crippen molar-refractivity contribution in [2.45, 2.75) is 102 Å². The van der Waals surface area contributed by atoms with Crippen LogP contribution >= 0.6 is 0 Å². The Morgan fingerprint density at radius 3 is 2.44 bits per heavy atom. The lowest BCUT2D eigenvalue weighted by Crippen LogP contribution is -2.48. The molecule has 5 atom stereocenters. The van der Waals surface area contributed by atoms with E-state index in [0.29, 0.717) is 30.9 Å². The number of nitrogens with one attached hydrogen (secondary N) is 1. The van der Waals surface area contributed by atoms with Crippen molar-refractivity contribution in [1.29, 1.82) is 0 Å². The van der Waals surface area contributed by atoms with Crippen LogP contribution in [0.2, 0.25) is 0 Å². The molecular weight excluding hydrogens is 658 g/mol. The molecule has 0 spiro atoms. The summed E-state index contributed by atoms with van der Waals surface area (Å²) in [7, 11) is -2.24. The second-order valence-electron chi connectivity index (χ2n) is 15.8. The number of nitrogens with zero attached hydrogens (tertiary/aromatic N) is 2. The van der Waals surface area contributed by atoms with Gasteiger partial charge in [0, 0.05) is 42.7 Å². The van der Waals surface area contributed by atoms with Crippen LogP contribution in [0.4, 0.5) is 0 Å². The average molecular weight is 708 g/mol. The summed E-state index contributed by atoms with van der Waals surface area (Å²) in [5, 5.41) is 1.01. The van der Waals surface area contributed by atoms with Gasteiger partial charge in [-0.1, -0.05) is 39.7 Å². The fourth-order valence-electron chi connectivity index (χ4n) is 7.83. The van der Waals surface area contributed by atoms with Gasteiger partial charge in [0.2, 0.25) is 27.7 Å². The number of carbonyl (C=O) groups is 4. The van der Waals surface area contributed by atoms with Crippen molar-refractivity contribution < 1.29 is 37.1 Å². The quantitative estimate of drug-likeness (QED) is 0.263. The molecule has 3 aliphatic carbocycles. The number of sulfonamides is 1. The number of hydrogen-bond acceptors (Lipinski definition) is 9. The Balaban J connectivity index is 1.28. The highest BCUT2D eigenvalue weighted by Gasteiger charge is 2.61. The summed E-state index contributed by atoms with van der Waals surface area (Å²) in [6.07, 6.45) is 7.57. The van der Waals surface area contributed by atoms with Gasteiger partial charge in [0.1, 0.15) is 17.6 Å². The number of pyridine rings is 1. The highest BCUT2D eigenvalue weighted by molar-refractivity contribution is 7.90. The third-order valence-electron chi connectivity index (χ3n) is 11.2. The van der Waals surface area contributed by atoms with Crippen molar-refractivity contribution in [3.63, 3.8) is 0 Å². The Bertz CT molecular complexity index is 1790. The summed E-state index contributed by atoms with van der Waals surface area (Å²) in [5.41, 5.74) is -1.83. The maximum atomic E-state index is 14.6. The SMILES string of the molecule is C=C[C@@H]1C[C@]1(CC(=O)[C@@H]1C[C@@H](Oc2nccc3cc(OC)ccc23)CN1C(=O)[C@@H](CC(=O)C1CCCC1)C(C)(C)C)C(=O)NS(=O)(=O)C1CC1. The van der Waals surface area contributed by atoms with E-state index in [9.17, 15) is 27.6 Å². The lowest BCUT2D eigenvalue weighted by Gasteiger charge is -2.35. The first-order chi connectivity index (χ1) is 23.7. The summed E-state index contributed by atoms with van der Waals surface area (Å²) in [6.45, 7) is 9.72. The summed E-state index contributed by atoms with van der Waals surface area (Å²) in [5.74, 6) is -1.32. The van der Waals surface area contributed by atoms with Crippen molar-refractivity contribution in [2.75, 3.05) is 13.7 Å². The van der Waals surface area contributed by atoms with Crippen molar-refractivity contribution in [3.05, 3.63) is 43.1 Å². The number of rotatable bonds is 14. The smallest absolute Gasteiger partial charge is 0.240 e. The van der Waals surface area contributed by atoms with Crippen LogP contribution in [-0.2, 0) is 29.2 Å². The number of fused-ring (bicyclic) bond motifs is 1. The lowest BCUT2D eigenvalue weighted by atomic mass is 9.75. The number of benzene rings is 1. The summed E-state index contributed by atoms with van der Waals surface area (Å²) < 4.78 is 39.5. The van der Waals surface area contributed by atoms with Crippen molar-refractivity contribution in [2.24, 2.45) is 28.6 Å². The molecular formula is C38H49N3O8S. The number of methoxy groups -OCH3 is 1. The predicted octanol–water partition coefficient (Wildman–Crippen LogP) is 5.16. The van der Waals surface area contributed by atoms with Gasteiger partial charge in [-0.3, -0.25) is 23.9 Å². The van der Waals surface area contributed by atoms with Crippen LogP contribution in [0.15, 0.2) is 43.1 Å². The monoisotopic (exact) mass is 707 g/mol. The van der Waals surface area contributed by atoms with Crippen LogP contribution in [0.3, 0.4) is 0 Å². The van der Waals surface area contributed by atoms with E-state index in [4.69, 9.17) is 9.47 Å². The molecule has 270 valence electrons. The zero-order valence-electron chi connectivity index (χ0n) is 29.5. The molecule has 2 heterocycles. The Labute approximate surface area is 294 Å². The van der Waals surface area contributed by atoms with E-state index in [1.54, 1.807) is 19.4 Å². The fourth-order valence-corrected chi connectivity index (χ4v) is 9.21. The molecule has 12 heteroatoms. The Morgan fingerprint density at radius 2 is 1.82 bits per heavy atom. The number of hydrogen-bond donors (Lipinski definition) is 1. The summed E-state index contributed by atoms with van der Waals surface area (Å²) in [6, 6.07) is 6.43. The third-order valence-corrected chi connectivity index (χ3v) is 13.1. The first-order valence-electron chi connectivity index (χ1n) is 17.8. The minimum atomic E-state index is -3.83. The minimum absolute atomic E-state index is 0.0493. The van der Waals surface area contributed by atoms with Gasteiger partial charge in [-0.25, -0.2) is 13.4 Å². The van der Waals surface area contributed by atoms with Crippen LogP contribution < -0.4 is 14.2 Å². The van der Waals surface area contributed by atoms with Gasteiger partial charge in [0.15, 0.2) is 5.78 Å². The Kier molecular flexibility index (Phi) is 9.89. The summed E-state index contributed by atoms with van der Waals surface area (Å²) in [4.78, 5) is 61.9. The van der Waals surface area contributed by atoms with Crippen LogP contribution in [0.5, 0.6) is 11.6 Å². The van der Waals surface area contributed by atoms with Gasteiger partial charge < -0.3 is 14.4 Å². The van der Waals surface area contributed by atoms with E-state index in [-0.39, 0.29) is 55.1 Å². The van der Waals surface area contributed by atoms with E-state index >= 15 is 0 Å². The molecule has 50 heavy (non-hydrogen) atoms. The highest BCUT2D eigenvalue weighted by Crippen LogP contribution is 2.57. The van der Waals surface area contributed by atoms with Crippen molar-refractivity contribution in [1.82, 2.24) is 14.6 Å². The number of Topliss-reactive ketones (excluding diaryl/α,β-unsaturated/α-hetero) is 2. The van der Waals surface area contributed by atoms with E-state index in [1.165, 1.54) is 4.90 Å². The second kappa shape index (κ2) is 13.7. The number of carbonyl (C=O) groups excluding carboxylic acids is 4. The Hall–Kier alpha value is -3.80. The molecule has 1 saturated heterocycles. The molecule has 1 aromatic carbocycles. The number of amides is 2. The third kappa shape index (κ3) is 7.31. The van der Waals surface area contributed by atoms with E-state index < -0.39 is 50.1 Å². The van der Waals surface area contributed by atoms with Gasteiger partial charge in [0.25, 0.3) is 0 Å². The fraction of sp³-hybridized carbons (Fsp3) is 0.605. The number of ether oxygens (including phenoxy) is 2. The molecule has 0 unspecified atom stereocenters.